The molecule has 0 spiro atoms. The molecule has 0 radical (unpaired) electrons. The number of nitrogens with zero attached hydrogens (tertiary/aromatic N) is 1. The van der Waals surface area contributed by atoms with Crippen LogP contribution in [0.3, 0.4) is 0 Å². The van der Waals surface area contributed by atoms with Crippen LogP contribution < -0.4 is 0 Å². The molecule has 1 heterocycles. The van der Waals surface area contributed by atoms with E-state index in [-0.39, 0.29) is 5.69 Å². The zero-order valence-electron chi connectivity index (χ0n) is 7.80. The first-order chi connectivity index (χ1) is 6.93. The minimum absolute atomic E-state index is 0.0531. The molecule has 1 N–H and O–H groups in total. The first-order valence-electron chi connectivity index (χ1n) is 4.07. The highest BCUT2D eigenvalue weighted by atomic mass is 19.3. The molecule has 1 rings (SSSR count). The van der Waals surface area contributed by atoms with Gasteiger partial charge in [0.05, 0.1) is 12.6 Å². The van der Waals surface area contributed by atoms with Gasteiger partial charge in [0.15, 0.2) is 0 Å². The van der Waals surface area contributed by atoms with Gasteiger partial charge >= 0.3 is 5.97 Å². The fraction of sp³-hybridized carbons (Fsp3) is 0.333. The van der Waals surface area contributed by atoms with E-state index in [2.05, 4.69) is 4.98 Å². The summed E-state index contributed by atoms with van der Waals surface area (Å²) in [4.78, 5) is 13.8. The number of halogens is 3. The molecule has 0 aliphatic carbocycles. The summed E-state index contributed by atoms with van der Waals surface area (Å²) in [5.41, 5.74) is -1.18. The fourth-order valence-electron chi connectivity index (χ4n) is 1.27. The van der Waals surface area contributed by atoms with E-state index in [0.29, 0.717) is 0 Å². The van der Waals surface area contributed by atoms with Gasteiger partial charge in [-0.3, -0.25) is 9.78 Å². The van der Waals surface area contributed by atoms with E-state index in [4.69, 9.17) is 5.11 Å². The predicted octanol–water partition coefficient (Wildman–Crippen LogP) is 2.09. The van der Waals surface area contributed by atoms with E-state index in [0.717, 1.165) is 6.20 Å². The lowest BCUT2D eigenvalue weighted by Gasteiger charge is -2.10. The van der Waals surface area contributed by atoms with Crippen LogP contribution in [0, 0.1) is 12.7 Å². The van der Waals surface area contributed by atoms with Crippen molar-refractivity contribution in [2.24, 2.45) is 0 Å². The van der Waals surface area contributed by atoms with Crippen LogP contribution in [-0.2, 0) is 11.2 Å². The predicted molar refractivity (Wildman–Crippen MR) is 45.2 cm³/mol. The van der Waals surface area contributed by atoms with Crippen molar-refractivity contribution in [3.63, 3.8) is 0 Å². The second-order valence-corrected chi connectivity index (χ2v) is 2.95. The van der Waals surface area contributed by atoms with Crippen LogP contribution in [0.5, 0.6) is 0 Å². The van der Waals surface area contributed by atoms with Crippen LogP contribution >= 0.6 is 0 Å². The van der Waals surface area contributed by atoms with Gasteiger partial charge in [-0.05, 0) is 6.92 Å². The Bertz CT molecular complexity index is 393. The highest BCUT2D eigenvalue weighted by Gasteiger charge is 2.21. The van der Waals surface area contributed by atoms with Gasteiger partial charge in [-0.25, -0.2) is 13.2 Å². The molecule has 0 saturated carbocycles. The van der Waals surface area contributed by atoms with E-state index in [1.165, 1.54) is 6.92 Å². The summed E-state index contributed by atoms with van der Waals surface area (Å²) in [6, 6.07) is 0. The molecule has 0 fully saturated rings. The Kier molecular flexibility index (Phi) is 3.28. The minimum Gasteiger partial charge on any atom is -0.481 e. The smallest absolute Gasteiger partial charge is 0.307 e. The van der Waals surface area contributed by atoms with E-state index in [1.807, 2.05) is 0 Å². The third-order valence-electron chi connectivity index (χ3n) is 1.92. The highest BCUT2D eigenvalue weighted by molar-refractivity contribution is 5.71. The quantitative estimate of drug-likeness (QED) is 0.846. The molecular formula is C9H8F3NO2. The Hall–Kier alpha value is -1.59. The lowest BCUT2D eigenvalue weighted by molar-refractivity contribution is -0.136. The maximum Gasteiger partial charge on any atom is 0.307 e. The van der Waals surface area contributed by atoms with Crippen molar-refractivity contribution >= 4 is 5.97 Å². The zero-order valence-corrected chi connectivity index (χ0v) is 7.80. The Morgan fingerprint density at radius 1 is 1.60 bits per heavy atom. The van der Waals surface area contributed by atoms with Crippen molar-refractivity contribution in [3.05, 3.63) is 28.8 Å². The molecule has 0 aliphatic rings. The molecule has 3 nitrogen and oxygen atoms in total. The standard InChI is InChI=1S/C9H8F3NO2/c1-4-8(9(11)12)5(2-7(14)15)6(10)3-13-4/h3,9H,2H2,1H3,(H,14,15). The maximum atomic E-state index is 13.1. The zero-order chi connectivity index (χ0) is 11.6. The summed E-state index contributed by atoms with van der Waals surface area (Å²) in [7, 11) is 0. The topological polar surface area (TPSA) is 50.2 Å². The first kappa shape index (κ1) is 11.5. The lowest BCUT2D eigenvalue weighted by atomic mass is 10.0. The number of alkyl halides is 2. The van der Waals surface area contributed by atoms with Crippen LogP contribution in [0.2, 0.25) is 0 Å². The SMILES string of the molecule is Cc1ncc(F)c(CC(=O)O)c1C(F)F. The number of hydrogen-bond acceptors (Lipinski definition) is 2. The molecule has 1 aromatic rings. The van der Waals surface area contributed by atoms with Crippen LogP contribution in [0.15, 0.2) is 6.20 Å². The Balaban J connectivity index is 3.31. The summed E-state index contributed by atoms with van der Waals surface area (Å²) < 4.78 is 38.1. The van der Waals surface area contributed by atoms with E-state index >= 15 is 0 Å². The highest BCUT2D eigenvalue weighted by Crippen LogP contribution is 2.27. The minimum atomic E-state index is -2.93. The summed E-state index contributed by atoms with van der Waals surface area (Å²) in [5.74, 6) is -2.38. The Morgan fingerprint density at radius 2 is 2.20 bits per heavy atom. The largest absolute Gasteiger partial charge is 0.481 e. The van der Waals surface area contributed by atoms with Crippen LogP contribution in [0.4, 0.5) is 13.2 Å². The number of pyridine rings is 1. The summed E-state index contributed by atoms with van der Waals surface area (Å²) in [5, 5.41) is 8.46. The molecule has 15 heavy (non-hydrogen) atoms. The molecule has 0 aliphatic heterocycles. The van der Waals surface area contributed by atoms with Crippen molar-refractivity contribution in [1.82, 2.24) is 4.98 Å². The first-order valence-corrected chi connectivity index (χ1v) is 4.07. The second-order valence-electron chi connectivity index (χ2n) is 2.95. The van der Waals surface area contributed by atoms with Gasteiger partial charge in [0.2, 0.25) is 0 Å². The van der Waals surface area contributed by atoms with Gasteiger partial charge in [-0.2, -0.15) is 0 Å². The fourth-order valence-corrected chi connectivity index (χ4v) is 1.27. The molecule has 82 valence electrons. The number of hydrogen-bond donors (Lipinski definition) is 1. The summed E-state index contributed by atoms with van der Waals surface area (Å²) >= 11 is 0. The monoisotopic (exact) mass is 219 g/mol. The van der Waals surface area contributed by atoms with Gasteiger partial charge < -0.3 is 5.11 Å². The van der Waals surface area contributed by atoms with Crippen LogP contribution in [0.25, 0.3) is 0 Å². The van der Waals surface area contributed by atoms with Gasteiger partial charge in [0.1, 0.15) is 5.82 Å². The molecule has 0 unspecified atom stereocenters. The van der Waals surface area contributed by atoms with E-state index < -0.39 is 35.8 Å². The van der Waals surface area contributed by atoms with Crippen molar-refractivity contribution in [2.75, 3.05) is 0 Å². The van der Waals surface area contributed by atoms with Crippen LogP contribution in [-0.4, -0.2) is 16.1 Å². The van der Waals surface area contributed by atoms with Crippen molar-refractivity contribution in [2.45, 2.75) is 19.8 Å². The molecule has 1 aromatic heterocycles. The van der Waals surface area contributed by atoms with E-state index in [1.54, 1.807) is 0 Å². The average Bonchev–Trinajstić information content (AvgIpc) is 2.10. The van der Waals surface area contributed by atoms with Gasteiger partial charge in [0, 0.05) is 16.8 Å². The van der Waals surface area contributed by atoms with Crippen molar-refractivity contribution in [1.29, 1.82) is 0 Å². The third-order valence-corrected chi connectivity index (χ3v) is 1.92. The molecule has 0 amide bonds. The summed E-state index contributed by atoms with van der Waals surface area (Å²) in [6.45, 7) is 1.28. The average molecular weight is 219 g/mol. The molecule has 0 aromatic carbocycles. The summed E-state index contributed by atoms with van der Waals surface area (Å²) in [6.07, 6.45) is -2.95. The Morgan fingerprint density at radius 3 is 2.67 bits per heavy atom. The molecule has 6 heteroatoms. The molecule has 0 atom stereocenters. The van der Waals surface area contributed by atoms with E-state index in [9.17, 15) is 18.0 Å². The normalized spacial score (nSPS) is 10.7. The number of carboxylic acid groups (broad SMARTS) is 1. The van der Waals surface area contributed by atoms with Crippen LogP contribution in [0.1, 0.15) is 23.2 Å². The molecular weight excluding hydrogens is 211 g/mol. The second kappa shape index (κ2) is 4.29. The van der Waals surface area contributed by atoms with Gasteiger partial charge in [-0.1, -0.05) is 0 Å². The Labute approximate surface area is 83.6 Å². The molecule has 0 bridgehead atoms. The number of carboxylic acids is 1. The number of aliphatic carboxylic acids is 1. The van der Waals surface area contributed by atoms with Gasteiger partial charge in [0.25, 0.3) is 6.43 Å². The van der Waals surface area contributed by atoms with Gasteiger partial charge in [-0.15, -0.1) is 0 Å². The third kappa shape index (κ3) is 2.45. The van der Waals surface area contributed by atoms with Crippen molar-refractivity contribution in [3.8, 4) is 0 Å². The number of aromatic nitrogens is 1. The number of carbonyl (C=O) groups is 1. The number of aryl methyl sites for hydroxylation is 1. The lowest BCUT2D eigenvalue weighted by Crippen LogP contribution is -2.09. The number of rotatable bonds is 3. The molecule has 0 saturated heterocycles. The maximum absolute atomic E-state index is 13.1. The van der Waals surface area contributed by atoms with Crippen molar-refractivity contribution < 1.29 is 23.1 Å².